The van der Waals surface area contributed by atoms with Gasteiger partial charge in [0.05, 0.1) is 24.4 Å². The maximum Gasteiger partial charge on any atom is 0.119 e. The van der Waals surface area contributed by atoms with Crippen molar-refractivity contribution in [1.82, 2.24) is 0 Å². The molecule has 6 atom stereocenters. The molecule has 0 bridgehead atoms. The molecule has 3 fully saturated rings. The van der Waals surface area contributed by atoms with Gasteiger partial charge in [-0.3, -0.25) is 0 Å². The standard InChI is InChI=1S/C31H44O4/c1-20(19-35-26-10-6-9-24(17-26)30(3,4)34)27-13-14-28-22(8-7-15-31(27,28)5)11-12-23-16-25(32)18-29(33)21(23)2/h6,9-12,17,20,25,27-29,32-34H,2,7-8,13-16,18-19H2,1,3-5H3/b22-11+,23-12-/t20-,25+,27+,28-,29-,31+/m0/s1. The number of ether oxygens (including phenoxy) is 1. The van der Waals surface area contributed by atoms with Crippen molar-refractivity contribution in [3.63, 3.8) is 0 Å². The summed E-state index contributed by atoms with van der Waals surface area (Å²) in [5.41, 5.74) is 3.52. The molecule has 0 radical (unpaired) electrons. The van der Waals surface area contributed by atoms with E-state index in [1.807, 2.05) is 24.3 Å². The van der Waals surface area contributed by atoms with Crippen LogP contribution in [-0.4, -0.2) is 34.1 Å². The van der Waals surface area contributed by atoms with Crippen LogP contribution in [0.25, 0.3) is 0 Å². The molecule has 3 aliphatic rings. The van der Waals surface area contributed by atoms with Crippen LogP contribution in [0.5, 0.6) is 5.75 Å². The highest BCUT2D eigenvalue weighted by atomic mass is 16.5. The third-order valence-electron chi connectivity index (χ3n) is 9.04. The average Bonchev–Trinajstić information content (AvgIpc) is 3.16. The zero-order valence-corrected chi connectivity index (χ0v) is 22.0. The number of aliphatic hydroxyl groups excluding tert-OH is 2. The number of allylic oxidation sites excluding steroid dienone is 3. The van der Waals surface area contributed by atoms with E-state index in [1.165, 1.54) is 31.3 Å². The largest absolute Gasteiger partial charge is 0.493 e. The fourth-order valence-electron chi connectivity index (χ4n) is 6.99. The molecule has 35 heavy (non-hydrogen) atoms. The van der Waals surface area contributed by atoms with Gasteiger partial charge in [0, 0.05) is 6.42 Å². The minimum atomic E-state index is -0.878. The Balaban J connectivity index is 1.45. The summed E-state index contributed by atoms with van der Waals surface area (Å²) in [6.07, 6.45) is 10.2. The molecule has 4 rings (SSSR count). The van der Waals surface area contributed by atoms with E-state index in [4.69, 9.17) is 4.74 Å². The van der Waals surface area contributed by atoms with Gasteiger partial charge in [0.25, 0.3) is 0 Å². The van der Waals surface area contributed by atoms with Crippen molar-refractivity contribution in [1.29, 1.82) is 0 Å². The Labute approximate surface area is 211 Å². The van der Waals surface area contributed by atoms with Gasteiger partial charge in [0.1, 0.15) is 5.75 Å². The topological polar surface area (TPSA) is 69.9 Å². The Morgan fingerprint density at radius 1 is 1.23 bits per heavy atom. The smallest absolute Gasteiger partial charge is 0.119 e. The molecule has 4 nitrogen and oxygen atoms in total. The maximum absolute atomic E-state index is 10.3. The van der Waals surface area contributed by atoms with Crippen LogP contribution in [0.15, 0.2) is 59.7 Å². The molecule has 1 aromatic rings. The van der Waals surface area contributed by atoms with Crippen LogP contribution in [-0.2, 0) is 5.60 Å². The Hall–Kier alpha value is -1.88. The number of rotatable bonds is 6. The van der Waals surface area contributed by atoms with Gasteiger partial charge in [-0.2, -0.15) is 0 Å². The van der Waals surface area contributed by atoms with Gasteiger partial charge in [-0.15, -0.1) is 0 Å². The molecule has 0 aromatic heterocycles. The van der Waals surface area contributed by atoms with E-state index in [2.05, 4.69) is 32.6 Å². The molecule has 0 saturated heterocycles. The van der Waals surface area contributed by atoms with Crippen LogP contribution in [0.1, 0.15) is 78.2 Å². The van der Waals surface area contributed by atoms with Crippen molar-refractivity contribution >= 4 is 0 Å². The number of hydrogen-bond donors (Lipinski definition) is 3. The lowest BCUT2D eigenvalue weighted by molar-refractivity contribution is 0.0727. The molecule has 0 unspecified atom stereocenters. The monoisotopic (exact) mass is 480 g/mol. The van der Waals surface area contributed by atoms with Gasteiger partial charge in [-0.1, -0.05) is 50.3 Å². The van der Waals surface area contributed by atoms with Gasteiger partial charge >= 0.3 is 0 Å². The van der Waals surface area contributed by atoms with Gasteiger partial charge < -0.3 is 20.1 Å². The van der Waals surface area contributed by atoms with E-state index in [1.54, 1.807) is 13.8 Å². The molecule has 0 heterocycles. The van der Waals surface area contributed by atoms with Crippen molar-refractivity contribution in [3.8, 4) is 5.75 Å². The lowest BCUT2D eigenvalue weighted by Gasteiger charge is -2.44. The number of aliphatic hydroxyl groups is 3. The summed E-state index contributed by atoms with van der Waals surface area (Å²) < 4.78 is 6.23. The predicted molar refractivity (Wildman–Crippen MR) is 141 cm³/mol. The summed E-state index contributed by atoms with van der Waals surface area (Å²) in [7, 11) is 0. The highest BCUT2D eigenvalue weighted by Gasteiger charge is 2.50. The first-order valence-corrected chi connectivity index (χ1v) is 13.4. The molecular formula is C31H44O4. The highest BCUT2D eigenvalue weighted by Crippen LogP contribution is 2.59. The molecule has 0 aliphatic heterocycles. The zero-order valence-electron chi connectivity index (χ0n) is 22.0. The van der Waals surface area contributed by atoms with Crippen molar-refractivity contribution < 1.29 is 20.1 Å². The zero-order chi connectivity index (χ0) is 25.4. The minimum Gasteiger partial charge on any atom is -0.493 e. The molecule has 0 spiro atoms. The van der Waals surface area contributed by atoms with Gasteiger partial charge in [0.2, 0.25) is 0 Å². The van der Waals surface area contributed by atoms with Gasteiger partial charge in [-0.25, -0.2) is 0 Å². The van der Waals surface area contributed by atoms with E-state index in [0.29, 0.717) is 37.2 Å². The Bertz CT molecular complexity index is 984. The van der Waals surface area contributed by atoms with Crippen LogP contribution in [0.3, 0.4) is 0 Å². The van der Waals surface area contributed by atoms with E-state index < -0.39 is 17.8 Å². The third-order valence-corrected chi connectivity index (χ3v) is 9.04. The summed E-state index contributed by atoms with van der Waals surface area (Å²) in [5, 5.41) is 30.6. The quantitative estimate of drug-likeness (QED) is 0.462. The molecule has 1 aromatic carbocycles. The fraction of sp³-hybridized carbons (Fsp3) is 0.613. The second-order valence-corrected chi connectivity index (χ2v) is 12.0. The fourth-order valence-corrected chi connectivity index (χ4v) is 6.99. The predicted octanol–water partition coefficient (Wildman–Crippen LogP) is 6.07. The summed E-state index contributed by atoms with van der Waals surface area (Å²) in [5.74, 6) is 2.45. The summed E-state index contributed by atoms with van der Waals surface area (Å²) in [6, 6.07) is 7.82. The first-order chi connectivity index (χ1) is 16.5. The lowest BCUT2D eigenvalue weighted by atomic mass is 9.61. The summed E-state index contributed by atoms with van der Waals surface area (Å²) in [4.78, 5) is 0. The molecule has 3 aliphatic carbocycles. The molecule has 192 valence electrons. The molecule has 3 saturated carbocycles. The van der Waals surface area contributed by atoms with Crippen LogP contribution >= 0.6 is 0 Å². The van der Waals surface area contributed by atoms with Crippen LogP contribution < -0.4 is 4.74 Å². The van der Waals surface area contributed by atoms with E-state index in [9.17, 15) is 15.3 Å². The second kappa shape index (κ2) is 10.2. The number of benzene rings is 1. The molecular weight excluding hydrogens is 436 g/mol. The average molecular weight is 481 g/mol. The van der Waals surface area contributed by atoms with E-state index >= 15 is 0 Å². The number of fused-ring (bicyclic) bond motifs is 1. The number of hydrogen-bond acceptors (Lipinski definition) is 4. The Morgan fingerprint density at radius 2 is 2.00 bits per heavy atom. The normalized spacial score (nSPS) is 34.8. The third kappa shape index (κ3) is 5.60. The molecule has 3 N–H and O–H groups in total. The minimum absolute atomic E-state index is 0.267. The Morgan fingerprint density at radius 3 is 2.74 bits per heavy atom. The van der Waals surface area contributed by atoms with Crippen molar-refractivity contribution in [2.24, 2.45) is 23.2 Å². The highest BCUT2D eigenvalue weighted by molar-refractivity contribution is 5.38. The summed E-state index contributed by atoms with van der Waals surface area (Å²) in [6.45, 7) is 13.2. The van der Waals surface area contributed by atoms with Crippen molar-refractivity contribution in [3.05, 3.63) is 65.3 Å². The SMILES string of the molecule is C=C1/C(=C\C=C2/CCC[C@]3(C)[C@@H]([C@@H](C)COc4cccc(C(C)(C)O)c4)CC[C@@H]23)C[C@@H](O)C[C@@H]1O. The van der Waals surface area contributed by atoms with E-state index in [-0.39, 0.29) is 5.41 Å². The van der Waals surface area contributed by atoms with E-state index in [0.717, 1.165) is 28.9 Å². The first kappa shape index (κ1) is 26.2. The first-order valence-electron chi connectivity index (χ1n) is 13.4. The molecule has 4 heteroatoms. The second-order valence-electron chi connectivity index (χ2n) is 12.0. The van der Waals surface area contributed by atoms with Crippen LogP contribution in [0.2, 0.25) is 0 Å². The molecule has 0 amide bonds. The Kier molecular flexibility index (Phi) is 7.66. The van der Waals surface area contributed by atoms with Gasteiger partial charge in [0.15, 0.2) is 0 Å². The van der Waals surface area contributed by atoms with Crippen molar-refractivity contribution in [2.75, 3.05) is 6.61 Å². The maximum atomic E-state index is 10.3. The van der Waals surface area contributed by atoms with Crippen LogP contribution in [0, 0.1) is 23.2 Å². The lowest BCUT2D eigenvalue weighted by Crippen LogP contribution is -2.37. The van der Waals surface area contributed by atoms with Gasteiger partial charge in [-0.05, 0) is 104 Å². The van der Waals surface area contributed by atoms with Crippen molar-refractivity contribution in [2.45, 2.75) is 90.4 Å². The van der Waals surface area contributed by atoms with Crippen LogP contribution in [0.4, 0.5) is 0 Å². The summed E-state index contributed by atoms with van der Waals surface area (Å²) >= 11 is 0.